The molecule has 3 aromatic rings. The minimum atomic E-state index is -0.405. The van der Waals surface area contributed by atoms with Crippen LogP contribution < -0.4 is 0 Å². The number of rotatable bonds is 7. The first kappa shape index (κ1) is 23.6. The maximum absolute atomic E-state index is 12.8. The summed E-state index contributed by atoms with van der Waals surface area (Å²) in [6.07, 6.45) is 1.70. The van der Waals surface area contributed by atoms with Crippen LogP contribution in [0.15, 0.2) is 59.6 Å². The van der Waals surface area contributed by atoms with Crippen molar-refractivity contribution in [1.82, 2.24) is 14.4 Å². The molecule has 34 heavy (non-hydrogen) atoms. The van der Waals surface area contributed by atoms with Crippen LogP contribution in [0.4, 0.5) is 10.5 Å². The van der Waals surface area contributed by atoms with E-state index in [1.807, 2.05) is 30.5 Å². The van der Waals surface area contributed by atoms with Crippen LogP contribution in [-0.4, -0.2) is 69.8 Å². The van der Waals surface area contributed by atoms with E-state index in [9.17, 15) is 19.7 Å². The second-order valence-corrected chi connectivity index (χ2v) is 8.93. The van der Waals surface area contributed by atoms with Gasteiger partial charge >= 0.3 is 6.09 Å². The predicted molar refractivity (Wildman–Crippen MR) is 130 cm³/mol. The van der Waals surface area contributed by atoms with Gasteiger partial charge in [-0.25, -0.2) is 4.79 Å². The summed E-state index contributed by atoms with van der Waals surface area (Å²) >= 11 is 1.50. The molecule has 1 saturated heterocycles. The molecule has 1 aliphatic heterocycles. The van der Waals surface area contributed by atoms with Gasteiger partial charge in [-0.3, -0.25) is 14.9 Å². The topological polar surface area (TPSA) is 97.9 Å². The third-order valence-electron chi connectivity index (χ3n) is 5.76. The van der Waals surface area contributed by atoms with E-state index in [2.05, 4.69) is 4.57 Å². The monoisotopic (exact) mass is 482 g/mol. The lowest BCUT2D eigenvalue weighted by Gasteiger charge is -2.34. The Labute approximate surface area is 201 Å². The van der Waals surface area contributed by atoms with Crippen LogP contribution in [0.3, 0.4) is 0 Å². The molecular weight excluding hydrogens is 456 g/mol. The van der Waals surface area contributed by atoms with Gasteiger partial charge in [0, 0.05) is 66.9 Å². The molecule has 2 aromatic carbocycles. The second kappa shape index (κ2) is 10.6. The highest BCUT2D eigenvalue weighted by molar-refractivity contribution is 8.00. The van der Waals surface area contributed by atoms with Crippen molar-refractivity contribution in [2.24, 2.45) is 0 Å². The summed E-state index contributed by atoms with van der Waals surface area (Å²) in [7, 11) is 0. The average Bonchev–Trinajstić information content (AvgIpc) is 3.20. The molecule has 178 valence electrons. The van der Waals surface area contributed by atoms with Crippen LogP contribution in [0.25, 0.3) is 10.9 Å². The SMILES string of the molecule is CCOC(=O)N1CCN(C(=O)CSc2cn(Cc3ccc([N+](=O)[O-])cc3)c3ccccc23)CC1. The molecule has 2 heterocycles. The average molecular weight is 483 g/mol. The molecule has 0 radical (unpaired) electrons. The number of hydrogen-bond acceptors (Lipinski definition) is 6. The first-order valence-corrected chi connectivity index (χ1v) is 12.1. The van der Waals surface area contributed by atoms with Gasteiger partial charge in [-0.15, -0.1) is 11.8 Å². The van der Waals surface area contributed by atoms with Crippen LogP contribution >= 0.6 is 11.8 Å². The van der Waals surface area contributed by atoms with E-state index in [4.69, 9.17) is 4.74 Å². The summed E-state index contributed by atoms with van der Waals surface area (Å²) in [5, 5.41) is 12.0. The number of para-hydroxylation sites is 1. The molecule has 0 N–H and O–H groups in total. The lowest BCUT2D eigenvalue weighted by molar-refractivity contribution is -0.384. The van der Waals surface area contributed by atoms with E-state index in [1.54, 1.807) is 28.9 Å². The molecule has 4 rings (SSSR count). The number of fused-ring (bicyclic) bond motifs is 1. The number of hydrogen-bond donors (Lipinski definition) is 0. The van der Waals surface area contributed by atoms with Crippen LogP contribution in [0, 0.1) is 10.1 Å². The minimum Gasteiger partial charge on any atom is -0.450 e. The fourth-order valence-corrected chi connectivity index (χ4v) is 4.95. The summed E-state index contributed by atoms with van der Waals surface area (Å²) < 4.78 is 7.13. The van der Waals surface area contributed by atoms with Crippen molar-refractivity contribution >= 4 is 40.4 Å². The summed E-state index contributed by atoms with van der Waals surface area (Å²) in [5.74, 6) is 0.353. The van der Waals surface area contributed by atoms with Gasteiger partial charge in [0.25, 0.3) is 5.69 Å². The number of piperazine rings is 1. The maximum Gasteiger partial charge on any atom is 0.409 e. The molecule has 10 heteroatoms. The molecule has 0 bridgehead atoms. The zero-order valence-corrected chi connectivity index (χ0v) is 19.7. The van der Waals surface area contributed by atoms with Gasteiger partial charge in [-0.2, -0.15) is 0 Å². The third kappa shape index (κ3) is 5.33. The Morgan fingerprint density at radius 3 is 2.38 bits per heavy atom. The largest absolute Gasteiger partial charge is 0.450 e. The molecule has 9 nitrogen and oxygen atoms in total. The predicted octanol–water partition coefficient (Wildman–Crippen LogP) is 3.99. The highest BCUT2D eigenvalue weighted by Gasteiger charge is 2.25. The number of aromatic nitrogens is 1. The summed E-state index contributed by atoms with van der Waals surface area (Å²) in [4.78, 5) is 39.6. The minimum absolute atomic E-state index is 0.0423. The third-order valence-corrected chi connectivity index (χ3v) is 6.79. The number of thioether (sulfide) groups is 1. The number of nitro groups is 1. The van der Waals surface area contributed by atoms with Crippen LogP contribution in [0.1, 0.15) is 12.5 Å². The smallest absolute Gasteiger partial charge is 0.409 e. The van der Waals surface area contributed by atoms with E-state index in [1.165, 1.54) is 23.9 Å². The molecule has 0 aliphatic carbocycles. The normalized spacial score (nSPS) is 13.8. The van der Waals surface area contributed by atoms with E-state index in [0.717, 1.165) is 21.4 Å². The van der Waals surface area contributed by atoms with E-state index in [0.29, 0.717) is 45.1 Å². The van der Waals surface area contributed by atoms with E-state index in [-0.39, 0.29) is 17.7 Å². The van der Waals surface area contributed by atoms with Crippen molar-refractivity contribution in [2.45, 2.75) is 18.4 Å². The zero-order chi connectivity index (χ0) is 24.1. The summed E-state index contributed by atoms with van der Waals surface area (Å²) in [6.45, 7) is 4.64. The van der Waals surface area contributed by atoms with Crippen LogP contribution in [0.5, 0.6) is 0 Å². The van der Waals surface area contributed by atoms with E-state index >= 15 is 0 Å². The fraction of sp³-hybridized carbons (Fsp3) is 0.333. The van der Waals surface area contributed by atoms with Crippen molar-refractivity contribution in [3.63, 3.8) is 0 Å². The van der Waals surface area contributed by atoms with Crippen molar-refractivity contribution in [3.8, 4) is 0 Å². The Hall–Kier alpha value is -3.53. The fourth-order valence-electron chi connectivity index (χ4n) is 3.96. The number of nitrogens with zero attached hydrogens (tertiary/aromatic N) is 4. The molecule has 0 unspecified atom stereocenters. The van der Waals surface area contributed by atoms with Crippen molar-refractivity contribution in [1.29, 1.82) is 0 Å². The van der Waals surface area contributed by atoms with Crippen LogP contribution in [0.2, 0.25) is 0 Å². The second-order valence-electron chi connectivity index (χ2n) is 7.92. The van der Waals surface area contributed by atoms with Gasteiger partial charge in [0.1, 0.15) is 0 Å². The van der Waals surface area contributed by atoms with Crippen molar-refractivity contribution < 1.29 is 19.2 Å². The Kier molecular flexibility index (Phi) is 7.36. The van der Waals surface area contributed by atoms with Gasteiger partial charge < -0.3 is 19.1 Å². The Morgan fingerprint density at radius 2 is 1.71 bits per heavy atom. The molecule has 0 spiro atoms. The highest BCUT2D eigenvalue weighted by Crippen LogP contribution is 2.31. The molecule has 1 fully saturated rings. The summed E-state index contributed by atoms with van der Waals surface area (Å²) in [5.41, 5.74) is 2.07. The maximum atomic E-state index is 12.8. The van der Waals surface area contributed by atoms with Gasteiger partial charge in [-0.05, 0) is 18.6 Å². The van der Waals surface area contributed by atoms with Crippen molar-refractivity contribution in [3.05, 3.63) is 70.4 Å². The van der Waals surface area contributed by atoms with Crippen LogP contribution in [-0.2, 0) is 16.1 Å². The van der Waals surface area contributed by atoms with E-state index < -0.39 is 4.92 Å². The van der Waals surface area contributed by atoms with Gasteiger partial charge in [0.15, 0.2) is 0 Å². The molecule has 1 aliphatic rings. The molecule has 0 saturated carbocycles. The van der Waals surface area contributed by atoms with Gasteiger partial charge in [0.2, 0.25) is 5.91 Å². The first-order chi connectivity index (χ1) is 16.5. The molecule has 1 aromatic heterocycles. The Morgan fingerprint density at radius 1 is 1.03 bits per heavy atom. The molecular formula is C24H26N4O5S. The number of carbonyl (C=O) groups is 2. The number of amides is 2. The first-order valence-electron chi connectivity index (χ1n) is 11.1. The number of carbonyl (C=O) groups excluding carboxylic acids is 2. The number of nitro benzene ring substituents is 1. The Bertz CT molecular complexity index is 1190. The van der Waals surface area contributed by atoms with Crippen molar-refractivity contribution in [2.75, 3.05) is 38.5 Å². The van der Waals surface area contributed by atoms with Gasteiger partial charge in [0.05, 0.1) is 17.3 Å². The van der Waals surface area contributed by atoms with Gasteiger partial charge in [-0.1, -0.05) is 30.3 Å². The highest BCUT2D eigenvalue weighted by atomic mass is 32.2. The molecule has 2 amide bonds. The lowest BCUT2D eigenvalue weighted by atomic mass is 10.2. The quantitative estimate of drug-likeness (QED) is 0.287. The summed E-state index contributed by atoms with van der Waals surface area (Å²) in [6, 6.07) is 14.6. The number of non-ortho nitro benzene ring substituents is 1. The number of ether oxygens (including phenoxy) is 1. The lowest BCUT2D eigenvalue weighted by Crippen LogP contribution is -2.51. The standard InChI is InChI=1S/C24H26N4O5S/c1-2-33-24(30)26-13-11-25(12-14-26)23(29)17-34-22-16-27(21-6-4-3-5-20(21)22)15-18-7-9-19(10-8-18)28(31)32/h3-10,16H,2,11-15,17H2,1H3. The molecule has 0 atom stereocenters. The zero-order valence-electron chi connectivity index (χ0n) is 18.9. The number of benzene rings is 2. The Balaban J connectivity index is 1.40.